The molecule has 0 saturated carbocycles. The number of amides is 1. The molecule has 1 unspecified atom stereocenters. The first-order valence-electron chi connectivity index (χ1n) is 6.20. The van der Waals surface area contributed by atoms with Gasteiger partial charge in [0, 0.05) is 19.2 Å². The summed E-state index contributed by atoms with van der Waals surface area (Å²) in [4.78, 5) is 15.8. The maximum absolute atomic E-state index is 11.7. The molecule has 1 heterocycles. The van der Waals surface area contributed by atoms with Gasteiger partial charge in [0.2, 0.25) is 5.91 Å². The highest BCUT2D eigenvalue weighted by Crippen LogP contribution is 2.15. The Bertz CT molecular complexity index is 409. The minimum Gasteiger partial charge on any atom is -0.356 e. The van der Waals surface area contributed by atoms with Crippen LogP contribution in [0, 0.1) is 17.2 Å². The molecule has 4 nitrogen and oxygen atoms in total. The lowest BCUT2D eigenvalue weighted by Gasteiger charge is -2.10. The molecular weight excluding hydrogens is 226 g/mol. The number of hydrogen-bond donors (Lipinski definition) is 1. The second kappa shape index (κ2) is 7.44. The molecule has 18 heavy (non-hydrogen) atoms. The fraction of sp³-hybridized carbons (Fsp3) is 0.500. The first kappa shape index (κ1) is 14.2. The van der Waals surface area contributed by atoms with Gasteiger partial charge < -0.3 is 5.32 Å². The lowest BCUT2D eigenvalue weighted by molar-refractivity contribution is -0.121. The van der Waals surface area contributed by atoms with E-state index in [1.54, 1.807) is 18.3 Å². The molecule has 1 aromatic rings. The van der Waals surface area contributed by atoms with Gasteiger partial charge in [-0.15, -0.1) is 0 Å². The highest BCUT2D eigenvalue weighted by Gasteiger charge is 2.16. The van der Waals surface area contributed by atoms with Gasteiger partial charge in [-0.25, -0.2) is 0 Å². The van der Waals surface area contributed by atoms with Gasteiger partial charge in [0.25, 0.3) is 0 Å². The Morgan fingerprint density at radius 2 is 2.28 bits per heavy atom. The Balaban J connectivity index is 2.45. The number of aromatic nitrogens is 1. The third kappa shape index (κ3) is 4.96. The number of nitrogens with one attached hydrogen (secondary N) is 1. The normalized spacial score (nSPS) is 11.9. The molecule has 0 aliphatic carbocycles. The SMILES string of the molecule is CC(C)CCNC(=O)CC(C#N)c1ccccn1. The molecule has 1 rings (SSSR count). The molecule has 0 aliphatic rings. The third-order valence-corrected chi connectivity index (χ3v) is 2.63. The molecule has 1 aromatic heterocycles. The van der Waals surface area contributed by atoms with Gasteiger partial charge in [-0.05, 0) is 24.5 Å². The number of carbonyl (C=O) groups excluding carboxylic acids is 1. The summed E-state index contributed by atoms with van der Waals surface area (Å²) in [5, 5.41) is 11.9. The molecule has 96 valence electrons. The highest BCUT2D eigenvalue weighted by molar-refractivity contribution is 5.77. The van der Waals surface area contributed by atoms with E-state index in [4.69, 9.17) is 5.26 Å². The zero-order valence-electron chi connectivity index (χ0n) is 10.9. The van der Waals surface area contributed by atoms with E-state index in [1.165, 1.54) is 0 Å². The smallest absolute Gasteiger partial charge is 0.221 e. The Hall–Kier alpha value is -1.89. The van der Waals surface area contributed by atoms with Crippen LogP contribution in [-0.2, 0) is 4.79 Å². The van der Waals surface area contributed by atoms with E-state index >= 15 is 0 Å². The topological polar surface area (TPSA) is 65.8 Å². The lowest BCUT2D eigenvalue weighted by Crippen LogP contribution is -2.26. The van der Waals surface area contributed by atoms with Crippen LogP contribution in [0.4, 0.5) is 0 Å². The summed E-state index contributed by atoms with van der Waals surface area (Å²) in [7, 11) is 0. The molecule has 0 saturated heterocycles. The zero-order valence-corrected chi connectivity index (χ0v) is 10.9. The van der Waals surface area contributed by atoms with Crippen LogP contribution in [0.15, 0.2) is 24.4 Å². The van der Waals surface area contributed by atoms with E-state index in [9.17, 15) is 4.79 Å². The molecular formula is C14H19N3O. The number of carbonyl (C=O) groups is 1. The standard InChI is InChI=1S/C14H19N3O/c1-11(2)6-8-17-14(18)9-12(10-15)13-5-3-4-7-16-13/h3-5,7,11-12H,6,8-9H2,1-2H3,(H,17,18). The van der Waals surface area contributed by atoms with Crippen molar-refractivity contribution in [3.8, 4) is 6.07 Å². The second-order valence-electron chi connectivity index (χ2n) is 4.67. The molecule has 1 amide bonds. The quantitative estimate of drug-likeness (QED) is 0.835. The molecule has 1 N–H and O–H groups in total. The summed E-state index contributed by atoms with van der Waals surface area (Å²) in [5.41, 5.74) is 0.652. The maximum Gasteiger partial charge on any atom is 0.221 e. The lowest BCUT2D eigenvalue weighted by atomic mass is 10.0. The van der Waals surface area contributed by atoms with Gasteiger partial charge in [0.15, 0.2) is 0 Å². The average Bonchev–Trinajstić information content (AvgIpc) is 2.36. The van der Waals surface area contributed by atoms with Gasteiger partial charge in [0.05, 0.1) is 17.7 Å². The second-order valence-corrected chi connectivity index (χ2v) is 4.67. The van der Waals surface area contributed by atoms with E-state index in [-0.39, 0.29) is 12.3 Å². The minimum absolute atomic E-state index is 0.0900. The van der Waals surface area contributed by atoms with E-state index in [2.05, 4.69) is 30.2 Å². The molecule has 0 bridgehead atoms. The predicted octanol–water partition coefficient (Wildman–Crippen LogP) is 2.24. The third-order valence-electron chi connectivity index (χ3n) is 2.63. The van der Waals surface area contributed by atoms with Gasteiger partial charge >= 0.3 is 0 Å². The van der Waals surface area contributed by atoms with Crippen molar-refractivity contribution >= 4 is 5.91 Å². The Morgan fingerprint density at radius 3 is 2.83 bits per heavy atom. The molecule has 4 heteroatoms. The highest BCUT2D eigenvalue weighted by atomic mass is 16.1. The van der Waals surface area contributed by atoms with Crippen molar-refractivity contribution < 1.29 is 4.79 Å². The number of rotatable bonds is 6. The summed E-state index contributed by atoms with van der Waals surface area (Å²) < 4.78 is 0. The fourth-order valence-electron chi connectivity index (χ4n) is 1.56. The van der Waals surface area contributed by atoms with Crippen LogP contribution in [0.5, 0.6) is 0 Å². The average molecular weight is 245 g/mol. The Kier molecular flexibility index (Phi) is 5.86. The van der Waals surface area contributed by atoms with Crippen LogP contribution in [0.2, 0.25) is 0 Å². The van der Waals surface area contributed by atoms with E-state index in [1.807, 2.05) is 6.07 Å². The number of hydrogen-bond acceptors (Lipinski definition) is 3. The van der Waals surface area contributed by atoms with Gasteiger partial charge in [0.1, 0.15) is 0 Å². The van der Waals surface area contributed by atoms with Crippen LogP contribution >= 0.6 is 0 Å². The summed E-state index contributed by atoms with van der Waals surface area (Å²) in [5.74, 6) is 0.00552. The first-order valence-corrected chi connectivity index (χ1v) is 6.20. The first-order chi connectivity index (χ1) is 8.63. The summed E-state index contributed by atoms with van der Waals surface area (Å²) in [6.45, 7) is 4.88. The molecule has 1 atom stereocenters. The Labute approximate surface area is 108 Å². The monoisotopic (exact) mass is 245 g/mol. The van der Waals surface area contributed by atoms with E-state index in [0.29, 0.717) is 18.2 Å². The maximum atomic E-state index is 11.7. The largest absolute Gasteiger partial charge is 0.356 e. The fourth-order valence-corrected chi connectivity index (χ4v) is 1.56. The van der Waals surface area contributed by atoms with Crippen molar-refractivity contribution in [1.29, 1.82) is 5.26 Å². The summed E-state index contributed by atoms with van der Waals surface area (Å²) in [6, 6.07) is 7.51. The van der Waals surface area contributed by atoms with E-state index in [0.717, 1.165) is 6.42 Å². The summed E-state index contributed by atoms with van der Waals surface area (Å²) >= 11 is 0. The van der Waals surface area contributed by atoms with Crippen LogP contribution in [0.1, 0.15) is 38.3 Å². The van der Waals surface area contributed by atoms with Crippen molar-refractivity contribution in [1.82, 2.24) is 10.3 Å². The number of nitrogens with zero attached hydrogens (tertiary/aromatic N) is 2. The minimum atomic E-state index is -0.467. The van der Waals surface area contributed by atoms with Gasteiger partial charge in [-0.1, -0.05) is 19.9 Å². The van der Waals surface area contributed by atoms with Gasteiger partial charge in [-0.3, -0.25) is 9.78 Å². The van der Waals surface area contributed by atoms with Crippen molar-refractivity contribution in [3.05, 3.63) is 30.1 Å². The van der Waals surface area contributed by atoms with Crippen molar-refractivity contribution in [2.24, 2.45) is 5.92 Å². The number of nitriles is 1. The molecule has 0 aromatic carbocycles. The van der Waals surface area contributed by atoms with E-state index < -0.39 is 5.92 Å². The molecule has 0 spiro atoms. The van der Waals surface area contributed by atoms with Crippen LogP contribution in [-0.4, -0.2) is 17.4 Å². The van der Waals surface area contributed by atoms with Crippen LogP contribution in [0.25, 0.3) is 0 Å². The van der Waals surface area contributed by atoms with Crippen molar-refractivity contribution in [2.45, 2.75) is 32.6 Å². The predicted molar refractivity (Wildman–Crippen MR) is 69.7 cm³/mol. The molecule has 0 aliphatic heterocycles. The van der Waals surface area contributed by atoms with Crippen molar-refractivity contribution in [3.63, 3.8) is 0 Å². The van der Waals surface area contributed by atoms with Crippen molar-refractivity contribution in [2.75, 3.05) is 6.54 Å². The Morgan fingerprint density at radius 1 is 1.50 bits per heavy atom. The summed E-state index contributed by atoms with van der Waals surface area (Å²) in [6.07, 6.45) is 2.76. The van der Waals surface area contributed by atoms with Gasteiger partial charge in [-0.2, -0.15) is 5.26 Å². The van der Waals surface area contributed by atoms with Crippen LogP contribution < -0.4 is 5.32 Å². The molecule has 0 radical (unpaired) electrons. The molecule has 0 fully saturated rings. The zero-order chi connectivity index (χ0) is 13.4. The van der Waals surface area contributed by atoms with Crippen LogP contribution in [0.3, 0.4) is 0 Å². The number of pyridine rings is 1.